The van der Waals surface area contributed by atoms with Gasteiger partial charge in [-0.25, -0.2) is 4.39 Å². The SMILES string of the molecule is COc1cc(-c2noc(C(C(C)=O)C(C)C)n2)ccc1F. The van der Waals surface area contributed by atoms with Crippen molar-refractivity contribution in [2.45, 2.75) is 26.7 Å². The largest absolute Gasteiger partial charge is 0.494 e. The Kier molecular flexibility index (Phi) is 4.35. The Morgan fingerprint density at radius 2 is 2.10 bits per heavy atom. The number of nitrogens with zero attached hydrogens (tertiary/aromatic N) is 2. The number of methoxy groups -OCH3 is 1. The number of hydrogen-bond acceptors (Lipinski definition) is 5. The van der Waals surface area contributed by atoms with Crippen molar-refractivity contribution in [2.75, 3.05) is 7.11 Å². The number of ketones is 1. The average molecular weight is 292 g/mol. The summed E-state index contributed by atoms with van der Waals surface area (Å²) in [5.74, 6) is -0.199. The van der Waals surface area contributed by atoms with Crippen molar-refractivity contribution in [1.29, 1.82) is 0 Å². The molecule has 0 aliphatic carbocycles. The van der Waals surface area contributed by atoms with Crippen molar-refractivity contribution < 1.29 is 18.4 Å². The lowest BCUT2D eigenvalue weighted by molar-refractivity contribution is -0.119. The van der Waals surface area contributed by atoms with E-state index in [2.05, 4.69) is 10.1 Å². The monoisotopic (exact) mass is 292 g/mol. The minimum absolute atomic E-state index is 0.0307. The highest BCUT2D eigenvalue weighted by Gasteiger charge is 2.27. The van der Waals surface area contributed by atoms with Gasteiger partial charge in [0.1, 0.15) is 5.78 Å². The fourth-order valence-electron chi connectivity index (χ4n) is 2.21. The van der Waals surface area contributed by atoms with E-state index in [0.717, 1.165) is 0 Å². The smallest absolute Gasteiger partial charge is 0.237 e. The molecule has 0 N–H and O–H groups in total. The quantitative estimate of drug-likeness (QED) is 0.846. The Bertz CT molecular complexity index is 652. The first-order valence-corrected chi connectivity index (χ1v) is 6.62. The van der Waals surface area contributed by atoms with Gasteiger partial charge in [-0.15, -0.1) is 0 Å². The van der Waals surface area contributed by atoms with Crippen LogP contribution in [-0.4, -0.2) is 23.0 Å². The summed E-state index contributed by atoms with van der Waals surface area (Å²) in [6.45, 7) is 5.32. The van der Waals surface area contributed by atoms with Crippen LogP contribution in [0.3, 0.4) is 0 Å². The van der Waals surface area contributed by atoms with Gasteiger partial charge in [-0.3, -0.25) is 4.79 Å². The minimum Gasteiger partial charge on any atom is -0.494 e. The number of aromatic nitrogens is 2. The maximum atomic E-state index is 13.4. The topological polar surface area (TPSA) is 65.2 Å². The molecule has 5 nitrogen and oxygen atoms in total. The van der Waals surface area contributed by atoms with Gasteiger partial charge >= 0.3 is 0 Å². The molecule has 1 heterocycles. The Balaban J connectivity index is 2.37. The van der Waals surface area contributed by atoms with Gasteiger partial charge in [-0.1, -0.05) is 19.0 Å². The van der Waals surface area contributed by atoms with Crippen molar-refractivity contribution in [3.05, 3.63) is 29.9 Å². The molecule has 0 saturated heterocycles. The third-order valence-electron chi connectivity index (χ3n) is 3.22. The molecule has 0 aliphatic rings. The second-order valence-corrected chi connectivity index (χ2v) is 5.14. The summed E-state index contributed by atoms with van der Waals surface area (Å²) >= 11 is 0. The fraction of sp³-hybridized carbons (Fsp3) is 0.400. The van der Waals surface area contributed by atoms with Crippen LogP contribution in [0.1, 0.15) is 32.6 Å². The molecule has 0 aliphatic heterocycles. The Hall–Kier alpha value is -2.24. The van der Waals surface area contributed by atoms with E-state index in [0.29, 0.717) is 11.4 Å². The number of Topliss-reactive ketones (excluding diaryl/α,β-unsaturated/α-hetero) is 1. The van der Waals surface area contributed by atoms with Crippen LogP contribution in [0.15, 0.2) is 22.7 Å². The highest BCUT2D eigenvalue weighted by atomic mass is 19.1. The highest BCUT2D eigenvalue weighted by Crippen LogP contribution is 2.28. The molecule has 0 saturated carbocycles. The lowest BCUT2D eigenvalue weighted by Crippen LogP contribution is -2.15. The van der Waals surface area contributed by atoms with Crippen LogP contribution in [0, 0.1) is 11.7 Å². The van der Waals surface area contributed by atoms with Crippen LogP contribution in [-0.2, 0) is 4.79 Å². The van der Waals surface area contributed by atoms with Gasteiger partial charge in [-0.05, 0) is 31.0 Å². The second-order valence-electron chi connectivity index (χ2n) is 5.14. The molecule has 112 valence electrons. The fourth-order valence-corrected chi connectivity index (χ4v) is 2.21. The van der Waals surface area contributed by atoms with Gasteiger partial charge in [-0.2, -0.15) is 4.98 Å². The van der Waals surface area contributed by atoms with Crippen LogP contribution < -0.4 is 4.74 Å². The third kappa shape index (κ3) is 3.09. The molecule has 0 radical (unpaired) electrons. The summed E-state index contributed by atoms with van der Waals surface area (Å²) in [6.07, 6.45) is 0. The summed E-state index contributed by atoms with van der Waals surface area (Å²) in [5, 5.41) is 3.86. The normalized spacial score (nSPS) is 12.5. The van der Waals surface area contributed by atoms with Crippen molar-refractivity contribution in [1.82, 2.24) is 10.1 Å². The van der Waals surface area contributed by atoms with Gasteiger partial charge in [0.05, 0.1) is 13.0 Å². The number of carbonyl (C=O) groups is 1. The van der Waals surface area contributed by atoms with E-state index in [4.69, 9.17) is 9.26 Å². The molecule has 1 unspecified atom stereocenters. The number of benzene rings is 1. The van der Waals surface area contributed by atoms with Gasteiger partial charge in [0, 0.05) is 5.56 Å². The molecule has 0 bridgehead atoms. The standard InChI is InChI=1S/C15H17FN2O3/c1-8(2)13(9(3)19)15-17-14(18-21-15)10-5-6-11(16)12(7-10)20-4/h5-8,13H,1-4H3. The van der Waals surface area contributed by atoms with E-state index in [1.807, 2.05) is 13.8 Å². The summed E-state index contributed by atoms with van der Waals surface area (Å²) < 4.78 is 23.5. The Morgan fingerprint density at radius 3 is 2.67 bits per heavy atom. The molecule has 2 rings (SSSR count). The van der Waals surface area contributed by atoms with E-state index in [9.17, 15) is 9.18 Å². The van der Waals surface area contributed by atoms with Crippen molar-refractivity contribution >= 4 is 5.78 Å². The molecular weight excluding hydrogens is 275 g/mol. The lowest BCUT2D eigenvalue weighted by Gasteiger charge is -2.12. The average Bonchev–Trinajstić information content (AvgIpc) is 2.87. The van der Waals surface area contributed by atoms with E-state index in [-0.39, 0.29) is 23.3 Å². The molecule has 0 amide bonds. The zero-order valence-corrected chi connectivity index (χ0v) is 12.4. The number of hydrogen-bond donors (Lipinski definition) is 0. The van der Waals surface area contributed by atoms with Crippen LogP contribution in [0.4, 0.5) is 4.39 Å². The van der Waals surface area contributed by atoms with Crippen LogP contribution in [0.2, 0.25) is 0 Å². The first-order valence-electron chi connectivity index (χ1n) is 6.62. The summed E-state index contributed by atoms with van der Waals surface area (Å²) in [5.41, 5.74) is 0.564. The van der Waals surface area contributed by atoms with Gasteiger partial charge < -0.3 is 9.26 Å². The van der Waals surface area contributed by atoms with Crippen molar-refractivity contribution in [3.8, 4) is 17.1 Å². The van der Waals surface area contributed by atoms with Crippen molar-refractivity contribution in [2.24, 2.45) is 5.92 Å². The zero-order valence-electron chi connectivity index (χ0n) is 12.4. The van der Waals surface area contributed by atoms with Crippen molar-refractivity contribution in [3.63, 3.8) is 0 Å². The molecule has 1 aromatic heterocycles. The molecule has 2 aromatic rings. The predicted molar refractivity (Wildman–Crippen MR) is 74.5 cm³/mol. The second kappa shape index (κ2) is 6.03. The third-order valence-corrected chi connectivity index (χ3v) is 3.22. The Morgan fingerprint density at radius 1 is 1.38 bits per heavy atom. The molecular formula is C15H17FN2O3. The number of rotatable bonds is 5. The molecule has 6 heteroatoms. The number of carbonyl (C=O) groups excluding carboxylic acids is 1. The first kappa shape index (κ1) is 15.2. The van der Waals surface area contributed by atoms with Crippen LogP contribution in [0.25, 0.3) is 11.4 Å². The maximum Gasteiger partial charge on any atom is 0.237 e. The zero-order chi connectivity index (χ0) is 15.6. The van der Waals surface area contributed by atoms with Gasteiger partial charge in [0.25, 0.3) is 0 Å². The van der Waals surface area contributed by atoms with E-state index < -0.39 is 11.7 Å². The molecule has 1 aromatic carbocycles. The van der Waals surface area contributed by atoms with E-state index >= 15 is 0 Å². The molecule has 0 spiro atoms. The molecule has 0 fully saturated rings. The summed E-state index contributed by atoms with van der Waals surface area (Å²) in [6, 6.07) is 4.29. The first-order chi connectivity index (χ1) is 9.93. The number of ether oxygens (including phenoxy) is 1. The summed E-state index contributed by atoms with van der Waals surface area (Å²) in [7, 11) is 1.38. The lowest BCUT2D eigenvalue weighted by atomic mass is 9.92. The van der Waals surface area contributed by atoms with E-state index in [1.165, 1.54) is 32.2 Å². The maximum absolute atomic E-state index is 13.4. The molecule has 1 atom stereocenters. The molecule has 21 heavy (non-hydrogen) atoms. The van der Waals surface area contributed by atoms with E-state index in [1.54, 1.807) is 0 Å². The summed E-state index contributed by atoms with van der Waals surface area (Å²) in [4.78, 5) is 15.9. The van der Waals surface area contributed by atoms with Crippen LogP contribution in [0.5, 0.6) is 5.75 Å². The Labute approximate surface area is 122 Å². The van der Waals surface area contributed by atoms with Gasteiger partial charge in [0.2, 0.25) is 11.7 Å². The van der Waals surface area contributed by atoms with Gasteiger partial charge in [0.15, 0.2) is 11.6 Å². The highest BCUT2D eigenvalue weighted by molar-refractivity contribution is 5.82. The van der Waals surface area contributed by atoms with Crippen LogP contribution >= 0.6 is 0 Å². The predicted octanol–water partition coefficient (Wildman–Crippen LogP) is 3.21. The number of halogens is 1. The minimum atomic E-state index is -0.464.